The SMILES string of the molecule is COC1=C(N)C(=O)c2c(ccnc2-c2ccccc2[N+](=O)[O-])C1=O. The molecule has 1 aromatic carbocycles. The van der Waals surface area contributed by atoms with Gasteiger partial charge in [-0.05, 0) is 12.1 Å². The minimum Gasteiger partial charge on any atom is -0.491 e. The minimum atomic E-state index is -0.650. The third kappa shape index (κ3) is 2.12. The molecule has 0 atom stereocenters. The fourth-order valence-electron chi connectivity index (χ4n) is 2.60. The maximum atomic E-state index is 12.6. The molecular formula is C16H11N3O5. The highest BCUT2D eigenvalue weighted by atomic mass is 16.6. The van der Waals surface area contributed by atoms with E-state index in [0.29, 0.717) is 0 Å². The van der Waals surface area contributed by atoms with Crippen LogP contribution in [0.3, 0.4) is 0 Å². The summed E-state index contributed by atoms with van der Waals surface area (Å²) in [5, 5.41) is 11.2. The van der Waals surface area contributed by atoms with Crippen molar-refractivity contribution < 1.29 is 19.2 Å². The van der Waals surface area contributed by atoms with E-state index in [2.05, 4.69) is 4.98 Å². The van der Waals surface area contributed by atoms with Crippen molar-refractivity contribution in [1.82, 2.24) is 4.98 Å². The van der Waals surface area contributed by atoms with Gasteiger partial charge in [-0.1, -0.05) is 12.1 Å². The van der Waals surface area contributed by atoms with Gasteiger partial charge in [-0.3, -0.25) is 24.7 Å². The van der Waals surface area contributed by atoms with Gasteiger partial charge in [-0.25, -0.2) is 0 Å². The number of carbonyl (C=O) groups is 2. The first-order chi connectivity index (χ1) is 11.5. The summed E-state index contributed by atoms with van der Waals surface area (Å²) in [6.45, 7) is 0. The molecule has 0 saturated heterocycles. The van der Waals surface area contributed by atoms with Crippen molar-refractivity contribution in [2.24, 2.45) is 5.73 Å². The number of aromatic nitrogens is 1. The summed E-state index contributed by atoms with van der Waals surface area (Å²) >= 11 is 0. The normalized spacial score (nSPS) is 13.7. The van der Waals surface area contributed by atoms with Crippen LogP contribution in [-0.4, -0.2) is 28.6 Å². The van der Waals surface area contributed by atoms with Gasteiger partial charge in [0.2, 0.25) is 11.6 Å². The van der Waals surface area contributed by atoms with Crippen LogP contribution >= 0.6 is 0 Å². The number of ether oxygens (including phenoxy) is 1. The van der Waals surface area contributed by atoms with E-state index in [4.69, 9.17) is 10.5 Å². The Bertz CT molecular complexity index is 933. The fourth-order valence-corrected chi connectivity index (χ4v) is 2.60. The molecule has 8 heteroatoms. The smallest absolute Gasteiger partial charge is 0.278 e. The van der Waals surface area contributed by atoms with E-state index in [9.17, 15) is 19.7 Å². The summed E-state index contributed by atoms with van der Waals surface area (Å²) in [6, 6.07) is 7.20. The highest BCUT2D eigenvalue weighted by Crippen LogP contribution is 2.35. The number of nitrogens with zero attached hydrogens (tertiary/aromatic N) is 2. The summed E-state index contributed by atoms with van der Waals surface area (Å²) in [4.78, 5) is 39.8. The number of nitrogens with two attached hydrogens (primary N) is 1. The van der Waals surface area contributed by atoms with Crippen LogP contribution in [-0.2, 0) is 4.74 Å². The molecule has 0 saturated carbocycles. The third-order valence-electron chi connectivity index (χ3n) is 3.68. The van der Waals surface area contributed by atoms with Crippen LogP contribution in [0.15, 0.2) is 48.0 Å². The Morgan fingerprint density at radius 1 is 1.12 bits per heavy atom. The molecule has 1 aromatic heterocycles. The third-order valence-corrected chi connectivity index (χ3v) is 3.68. The van der Waals surface area contributed by atoms with Crippen molar-refractivity contribution >= 4 is 17.3 Å². The van der Waals surface area contributed by atoms with Crippen LogP contribution in [0.25, 0.3) is 11.3 Å². The Morgan fingerprint density at radius 3 is 2.50 bits per heavy atom. The summed E-state index contributed by atoms with van der Waals surface area (Å²) in [5.41, 5.74) is 5.30. The van der Waals surface area contributed by atoms with E-state index >= 15 is 0 Å². The molecule has 0 unspecified atom stereocenters. The van der Waals surface area contributed by atoms with Crippen LogP contribution in [0.4, 0.5) is 5.69 Å². The number of hydrogen-bond donors (Lipinski definition) is 1. The summed E-state index contributed by atoms with van der Waals surface area (Å²) in [6.07, 6.45) is 1.31. The molecule has 0 aliphatic heterocycles. The highest BCUT2D eigenvalue weighted by Gasteiger charge is 2.35. The van der Waals surface area contributed by atoms with Crippen molar-refractivity contribution in [1.29, 1.82) is 0 Å². The first kappa shape index (κ1) is 15.3. The van der Waals surface area contributed by atoms with Crippen molar-refractivity contribution in [3.05, 3.63) is 69.2 Å². The van der Waals surface area contributed by atoms with Crippen LogP contribution in [0, 0.1) is 10.1 Å². The summed E-state index contributed by atoms with van der Waals surface area (Å²) in [5.74, 6) is -1.46. The second kappa shape index (κ2) is 5.58. The number of carbonyl (C=O) groups excluding carboxylic acids is 2. The molecule has 2 N–H and O–H groups in total. The van der Waals surface area contributed by atoms with E-state index in [0.717, 1.165) is 0 Å². The predicted octanol–water partition coefficient (Wildman–Crippen LogP) is 1.85. The number of benzene rings is 1. The minimum absolute atomic E-state index is 0.0382. The second-order valence-electron chi connectivity index (χ2n) is 4.96. The average Bonchev–Trinajstić information content (AvgIpc) is 2.59. The first-order valence-electron chi connectivity index (χ1n) is 6.83. The van der Waals surface area contributed by atoms with Gasteiger partial charge in [0.25, 0.3) is 5.69 Å². The topological polar surface area (TPSA) is 125 Å². The molecule has 1 aliphatic rings. The molecule has 2 aromatic rings. The van der Waals surface area contributed by atoms with Gasteiger partial charge in [0, 0.05) is 17.8 Å². The zero-order valence-electron chi connectivity index (χ0n) is 12.5. The Balaban J connectivity index is 2.32. The number of nitro groups is 1. The number of nitro benzene ring substituents is 1. The maximum absolute atomic E-state index is 12.6. The first-order valence-corrected chi connectivity index (χ1v) is 6.83. The molecule has 1 heterocycles. The van der Waals surface area contributed by atoms with E-state index in [1.807, 2.05) is 0 Å². The number of allylic oxidation sites excluding steroid dienone is 2. The number of pyridine rings is 1. The van der Waals surface area contributed by atoms with Crippen LogP contribution in [0.1, 0.15) is 20.7 Å². The fraction of sp³-hybridized carbons (Fsp3) is 0.0625. The quantitative estimate of drug-likeness (QED) is 0.674. The molecule has 0 radical (unpaired) electrons. The summed E-state index contributed by atoms with van der Waals surface area (Å²) in [7, 11) is 1.24. The Kier molecular flexibility index (Phi) is 3.57. The lowest BCUT2D eigenvalue weighted by Gasteiger charge is -2.19. The second-order valence-corrected chi connectivity index (χ2v) is 4.96. The van der Waals surface area contributed by atoms with Gasteiger partial charge in [0.15, 0.2) is 5.76 Å². The molecule has 8 nitrogen and oxygen atoms in total. The Hall–Kier alpha value is -3.55. The number of methoxy groups -OCH3 is 1. The molecule has 0 fully saturated rings. The molecule has 0 spiro atoms. The lowest BCUT2D eigenvalue weighted by atomic mass is 9.88. The number of Topliss-reactive ketones (excluding diaryl/α,β-unsaturated/α-hetero) is 2. The van der Waals surface area contributed by atoms with E-state index in [-0.39, 0.29) is 39.5 Å². The van der Waals surface area contributed by atoms with E-state index < -0.39 is 16.5 Å². The standard InChI is InChI=1S/C16H11N3O5/c1-24-16-12(17)15(21)11-9(14(16)20)6-7-18-13(11)8-4-2-3-5-10(8)19(22)23/h2-7H,17H2,1H3. The van der Waals surface area contributed by atoms with E-state index in [1.165, 1.54) is 37.6 Å². The van der Waals surface area contributed by atoms with Gasteiger partial charge < -0.3 is 10.5 Å². The zero-order valence-corrected chi connectivity index (χ0v) is 12.5. The van der Waals surface area contributed by atoms with Gasteiger partial charge in [-0.15, -0.1) is 0 Å². The number of rotatable bonds is 3. The van der Waals surface area contributed by atoms with Crippen molar-refractivity contribution in [3.8, 4) is 11.3 Å². The molecule has 0 bridgehead atoms. The number of fused-ring (bicyclic) bond motifs is 1. The van der Waals surface area contributed by atoms with Crippen molar-refractivity contribution in [2.75, 3.05) is 7.11 Å². The monoisotopic (exact) mass is 325 g/mol. The van der Waals surface area contributed by atoms with Gasteiger partial charge in [-0.2, -0.15) is 0 Å². The predicted molar refractivity (Wildman–Crippen MR) is 83.2 cm³/mol. The van der Waals surface area contributed by atoms with Crippen LogP contribution in [0.5, 0.6) is 0 Å². The molecule has 3 rings (SSSR count). The average molecular weight is 325 g/mol. The Labute approximate surface area is 135 Å². The number of para-hydroxylation sites is 1. The zero-order chi connectivity index (χ0) is 17.4. The van der Waals surface area contributed by atoms with Gasteiger partial charge in [0.05, 0.1) is 28.9 Å². The van der Waals surface area contributed by atoms with Crippen molar-refractivity contribution in [3.63, 3.8) is 0 Å². The van der Waals surface area contributed by atoms with Crippen LogP contribution < -0.4 is 5.73 Å². The van der Waals surface area contributed by atoms with Gasteiger partial charge in [0.1, 0.15) is 5.70 Å². The maximum Gasteiger partial charge on any atom is 0.278 e. The highest BCUT2D eigenvalue weighted by molar-refractivity contribution is 6.27. The Morgan fingerprint density at radius 2 is 1.83 bits per heavy atom. The van der Waals surface area contributed by atoms with E-state index in [1.54, 1.807) is 6.07 Å². The van der Waals surface area contributed by atoms with Crippen molar-refractivity contribution in [2.45, 2.75) is 0 Å². The molecule has 0 amide bonds. The molecule has 24 heavy (non-hydrogen) atoms. The lowest BCUT2D eigenvalue weighted by molar-refractivity contribution is -0.384. The van der Waals surface area contributed by atoms with Crippen LogP contribution in [0.2, 0.25) is 0 Å². The number of ketones is 2. The largest absolute Gasteiger partial charge is 0.491 e. The van der Waals surface area contributed by atoms with Gasteiger partial charge >= 0.3 is 0 Å². The lowest BCUT2D eigenvalue weighted by Crippen LogP contribution is -2.28. The molecule has 1 aliphatic carbocycles. The molecular weight excluding hydrogens is 314 g/mol. The molecule has 120 valence electrons. The number of hydrogen-bond acceptors (Lipinski definition) is 7. The summed E-state index contributed by atoms with van der Waals surface area (Å²) < 4.78 is 4.91.